The van der Waals surface area contributed by atoms with Crippen LogP contribution in [0.15, 0.2) is 18.2 Å². The first-order valence-electron chi connectivity index (χ1n) is 6.04. The zero-order valence-electron chi connectivity index (χ0n) is 10.00. The van der Waals surface area contributed by atoms with E-state index in [-0.39, 0.29) is 6.04 Å². The van der Waals surface area contributed by atoms with Gasteiger partial charge in [0.2, 0.25) is 0 Å². The predicted octanol–water partition coefficient (Wildman–Crippen LogP) is 3.48. The molecular formula is C13H18Cl2N2. The summed E-state index contributed by atoms with van der Waals surface area (Å²) in [7, 11) is 0. The van der Waals surface area contributed by atoms with Gasteiger partial charge in [0, 0.05) is 35.2 Å². The Balaban J connectivity index is 2.21. The van der Waals surface area contributed by atoms with Crippen molar-refractivity contribution in [3.63, 3.8) is 0 Å². The monoisotopic (exact) mass is 272 g/mol. The fraction of sp³-hybridized carbons (Fsp3) is 0.538. The van der Waals surface area contributed by atoms with Gasteiger partial charge in [0.15, 0.2) is 0 Å². The van der Waals surface area contributed by atoms with E-state index >= 15 is 0 Å². The van der Waals surface area contributed by atoms with Crippen molar-refractivity contribution in [2.45, 2.75) is 31.8 Å². The third-order valence-corrected chi connectivity index (χ3v) is 3.89. The Hall–Kier alpha value is -0.280. The van der Waals surface area contributed by atoms with E-state index in [0.29, 0.717) is 12.6 Å². The molecule has 1 fully saturated rings. The number of benzene rings is 1. The molecule has 0 saturated heterocycles. The summed E-state index contributed by atoms with van der Waals surface area (Å²) in [5.41, 5.74) is 6.77. The van der Waals surface area contributed by atoms with Gasteiger partial charge in [0.1, 0.15) is 0 Å². The Kier molecular flexibility index (Phi) is 4.31. The van der Waals surface area contributed by atoms with Crippen LogP contribution in [0.2, 0.25) is 10.0 Å². The Morgan fingerprint density at radius 3 is 2.71 bits per heavy atom. The quantitative estimate of drug-likeness (QED) is 0.890. The normalized spacial score (nSPS) is 17.5. The Morgan fingerprint density at radius 2 is 2.12 bits per heavy atom. The van der Waals surface area contributed by atoms with Crippen LogP contribution in [0.25, 0.3) is 0 Å². The highest BCUT2D eigenvalue weighted by atomic mass is 35.5. The lowest BCUT2D eigenvalue weighted by molar-refractivity contribution is 0.206. The highest BCUT2D eigenvalue weighted by Crippen LogP contribution is 2.36. The van der Waals surface area contributed by atoms with Crippen molar-refractivity contribution in [3.8, 4) is 0 Å². The minimum absolute atomic E-state index is 0.275. The van der Waals surface area contributed by atoms with Gasteiger partial charge in [-0.1, -0.05) is 23.2 Å². The van der Waals surface area contributed by atoms with Gasteiger partial charge in [-0.15, -0.1) is 0 Å². The lowest BCUT2D eigenvalue weighted by Crippen LogP contribution is -2.34. The van der Waals surface area contributed by atoms with Crippen LogP contribution in [0.4, 0.5) is 0 Å². The van der Waals surface area contributed by atoms with Crippen molar-refractivity contribution in [1.29, 1.82) is 0 Å². The fourth-order valence-corrected chi connectivity index (χ4v) is 2.72. The molecule has 0 aliphatic heterocycles. The summed E-state index contributed by atoms with van der Waals surface area (Å²) in [5, 5.41) is 1.52. The van der Waals surface area contributed by atoms with E-state index in [1.165, 1.54) is 12.8 Å². The highest BCUT2D eigenvalue weighted by Gasteiger charge is 2.32. The Labute approximate surface area is 113 Å². The molecule has 1 aliphatic rings. The molecule has 0 bridgehead atoms. The van der Waals surface area contributed by atoms with Crippen molar-refractivity contribution in [2.24, 2.45) is 5.73 Å². The number of nitrogens with two attached hydrogens (primary N) is 1. The van der Waals surface area contributed by atoms with Gasteiger partial charge < -0.3 is 5.73 Å². The van der Waals surface area contributed by atoms with Crippen molar-refractivity contribution in [1.82, 2.24) is 4.90 Å². The van der Waals surface area contributed by atoms with Crippen LogP contribution in [0.1, 0.15) is 31.4 Å². The SMILES string of the molecule is CC(c1cc(Cl)ccc1Cl)N(CCN)C1CC1. The summed E-state index contributed by atoms with van der Waals surface area (Å²) in [6.45, 7) is 3.76. The number of rotatable bonds is 5. The second kappa shape index (κ2) is 5.57. The first-order valence-corrected chi connectivity index (χ1v) is 6.80. The van der Waals surface area contributed by atoms with E-state index in [1.807, 2.05) is 18.2 Å². The summed E-state index contributed by atoms with van der Waals surface area (Å²) >= 11 is 12.3. The number of nitrogens with zero attached hydrogens (tertiary/aromatic N) is 1. The molecule has 0 spiro atoms. The molecule has 2 nitrogen and oxygen atoms in total. The minimum Gasteiger partial charge on any atom is -0.329 e. The molecule has 0 amide bonds. The van der Waals surface area contributed by atoms with Crippen LogP contribution in [-0.4, -0.2) is 24.0 Å². The van der Waals surface area contributed by atoms with Crippen molar-refractivity contribution >= 4 is 23.2 Å². The highest BCUT2D eigenvalue weighted by molar-refractivity contribution is 6.33. The molecule has 17 heavy (non-hydrogen) atoms. The lowest BCUT2D eigenvalue weighted by atomic mass is 10.1. The van der Waals surface area contributed by atoms with E-state index in [4.69, 9.17) is 28.9 Å². The summed E-state index contributed by atoms with van der Waals surface area (Å²) in [4.78, 5) is 2.43. The number of halogens is 2. The second-order valence-electron chi connectivity index (χ2n) is 4.60. The van der Waals surface area contributed by atoms with Crippen molar-refractivity contribution in [3.05, 3.63) is 33.8 Å². The molecule has 1 aromatic rings. The standard InChI is InChI=1S/C13H18Cl2N2/c1-9(17(7-6-16)11-3-4-11)12-8-10(14)2-5-13(12)15/h2,5,8-9,11H,3-4,6-7,16H2,1H3. The summed E-state index contributed by atoms with van der Waals surface area (Å²) < 4.78 is 0. The number of hydrogen-bond donors (Lipinski definition) is 1. The molecule has 2 rings (SSSR count). The molecular weight excluding hydrogens is 255 g/mol. The largest absolute Gasteiger partial charge is 0.329 e. The fourth-order valence-electron chi connectivity index (χ4n) is 2.26. The smallest absolute Gasteiger partial charge is 0.0454 e. The maximum absolute atomic E-state index is 6.24. The molecule has 4 heteroatoms. The lowest BCUT2D eigenvalue weighted by Gasteiger charge is -2.29. The predicted molar refractivity (Wildman–Crippen MR) is 73.7 cm³/mol. The van der Waals surface area contributed by atoms with Crippen LogP contribution in [-0.2, 0) is 0 Å². The van der Waals surface area contributed by atoms with E-state index in [9.17, 15) is 0 Å². The zero-order valence-corrected chi connectivity index (χ0v) is 11.5. The van der Waals surface area contributed by atoms with Gasteiger partial charge in [-0.2, -0.15) is 0 Å². The van der Waals surface area contributed by atoms with Gasteiger partial charge in [-0.25, -0.2) is 0 Å². The Morgan fingerprint density at radius 1 is 1.41 bits per heavy atom. The first kappa shape index (κ1) is 13.2. The minimum atomic E-state index is 0.275. The van der Waals surface area contributed by atoms with Crippen LogP contribution >= 0.6 is 23.2 Å². The molecule has 94 valence electrons. The van der Waals surface area contributed by atoms with Crippen molar-refractivity contribution in [2.75, 3.05) is 13.1 Å². The van der Waals surface area contributed by atoms with Gasteiger partial charge in [0.05, 0.1) is 0 Å². The van der Waals surface area contributed by atoms with Gasteiger partial charge in [-0.3, -0.25) is 4.90 Å². The van der Waals surface area contributed by atoms with E-state index < -0.39 is 0 Å². The second-order valence-corrected chi connectivity index (χ2v) is 5.44. The van der Waals surface area contributed by atoms with E-state index in [0.717, 1.165) is 22.2 Å². The molecule has 1 atom stereocenters. The van der Waals surface area contributed by atoms with Crippen LogP contribution in [0.5, 0.6) is 0 Å². The van der Waals surface area contributed by atoms with Crippen molar-refractivity contribution < 1.29 is 0 Å². The molecule has 0 aromatic heterocycles. The first-order chi connectivity index (χ1) is 8.13. The number of hydrogen-bond acceptors (Lipinski definition) is 2. The van der Waals surface area contributed by atoms with Crippen LogP contribution < -0.4 is 5.73 Å². The van der Waals surface area contributed by atoms with Crippen LogP contribution in [0.3, 0.4) is 0 Å². The molecule has 1 saturated carbocycles. The molecule has 0 radical (unpaired) electrons. The van der Waals surface area contributed by atoms with E-state index in [2.05, 4.69) is 11.8 Å². The molecule has 1 unspecified atom stereocenters. The molecule has 0 heterocycles. The van der Waals surface area contributed by atoms with Gasteiger partial charge >= 0.3 is 0 Å². The average Bonchev–Trinajstić information content (AvgIpc) is 3.12. The average molecular weight is 273 g/mol. The maximum atomic E-state index is 6.24. The zero-order chi connectivity index (χ0) is 12.4. The summed E-state index contributed by atoms with van der Waals surface area (Å²) in [6.07, 6.45) is 2.53. The third kappa shape index (κ3) is 3.14. The van der Waals surface area contributed by atoms with E-state index in [1.54, 1.807) is 0 Å². The summed E-state index contributed by atoms with van der Waals surface area (Å²) in [6, 6.07) is 6.59. The Bertz CT molecular complexity index is 391. The van der Waals surface area contributed by atoms with Crippen LogP contribution in [0, 0.1) is 0 Å². The maximum Gasteiger partial charge on any atom is 0.0454 e. The third-order valence-electron chi connectivity index (χ3n) is 3.31. The topological polar surface area (TPSA) is 29.3 Å². The van der Waals surface area contributed by atoms with Gasteiger partial charge in [0.25, 0.3) is 0 Å². The molecule has 2 N–H and O–H groups in total. The van der Waals surface area contributed by atoms with Gasteiger partial charge in [-0.05, 0) is 43.5 Å². The molecule has 1 aliphatic carbocycles. The molecule has 1 aromatic carbocycles. The summed E-state index contributed by atoms with van der Waals surface area (Å²) in [5.74, 6) is 0.